The molecule has 2 aromatic carbocycles. The number of para-hydroxylation sites is 2. The molecular formula is C21H24FN3O2. The Balaban J connectivity index is 1.81. The lowest BCUT2D eigenvalue weighted by Gasteiger charge is -2.36. The number of anilines is 2. The van der Waals surface area contributed by atoms with Crippen LogP contribution < -0.4 is 10.2 Å². The number of urea groups is 1. The molecule has 0 aliphatic carbocycles. The number of benzene rings is 2. The molecule has 1 aliphatic rings. The molecule has 6 heteroatoms. The molecule has 1 heterocycles. The smallest absolute Gasteiger partial charge is 0.324 e. The van der Waals surface area contributed by atoms with E-state index in [1.807, 2.05) is 38.1 Å². The fourth-order valence-corrected chi connectivity index (χ4v) is 3.10. The summed E-state index contributed by atoms with van der Waals surface area (Å²) in [5.41, 5.74) is 2.06. The van der Waals surface area contributed by atoms with Crippen LogP contribution in [0.4, 0.5) is 20.6 Å². The molecule has 0 atom stereocenters. The lowest BCUT2D eigenvalue weighted by Crippen LogP contribution is -2.49. The zero-order valence-electron chi connectivity index (χ0n) is 15.6. The molecule has 0 aromatic heterocycles. The first-order valence-electron chi connectivity index (χ1n) is 9.16. The molecule has 1 aliphatic heterocycles. The Bertz CT molecular complexity index is 838. The van der Waals surface area contributed by atoms with Crippen LogP contribution >= 0.6 is 0 Å². The van der Waals surface area contributed by atoms with Gasteiger partial charge in [-0.2, -0.15) is 0 Å². The molecule has 0 saturated carbocycles. The van der Waals surface area contributed by atoms with Crippen LogP contribution in [0.1, 0.15) is 25.8 Å². The van der Waals surface area contributed by atoms with Crippen molar-refractivity contribution < 1.29 is 14.0 Å². The van der Waals surface area contributed by atoms with Gasteiger partial charge in [0.25, 0.3) is 0 Å². The number of amides is 3. The molecule has 3 rings (SSSR count). The highest BCUT2D eigenvalue weighted by Crippen LogP contribution is 2.29. The summed E-state index contributed by atoms with van der Waals surface area (Å²) in [6.07, 6.45) is 0.799. The van der Waals surface area contributed by atoms with Crippen LogP contribution in [0, 0.1) is 11.7 Å². The Morgan fingerprint density at radius 2 is 1.93 bits per heavy atom. The minimum atomic E-state index is -0.310. The van der Waals surface area contributed by atoms with E-state index in [-0.39, 0.29) is 23.7 Å². The Kier molecular flexibility index (Phi) is 5.74. The SMILES string of the molecule is CC(C)C(=O)Nc1ccccc1N1CCCN(Cc2cccc(F)c2)C1=O. The Labute approximate surface area is 158 Å². The van der Waals surface area contributed by atoms with Crippen molar-refractivity contribution in [1.29, 1.82) is 0 Å². The number of hydrogen-bond acceptors (Lipinski definition) is 2. The van der Waals surface area contributed by atoms with Gasteiger partial charge in [0.2, 0.25) is 5.91 Å². The molecule has 142 valence electrons. The predicted molar refractivity (Wildman–Crippen MR) is 104 cm³/mol. The number of nitrogens with zero attached hydrogens (tertiary/aromatic N) is 2. The van der Waals surface area contributed by atoms with Gasteiger partial charge in [-0.25, -0.2) is 9.18 Å². The quantitative estimate of drug-likeness (QED) is 0.856. The summed E-state index contributed by atoms with van der Waals surface area (Å²) < 4.78 is 13.4. The first kappa shape index (κ1) is 18.9. The summed E-state index contributed by atoms with van der Waals surface area (Å²) in [7, 11) is 0. The number of carbonyl (C=O) groups excluding carboxylic acids is 2. The van der Waals surface area contributed by atoms with Crippen molar-refractivity contribution >= 4 is 23.3 Å². The van der Waals surface area contributed by atoms with Gasteiger partial charge in [-0.1, -0.05) is 38.1 Å². The highest BCUT2D eigenvalue weighted by atomic mass is 19.1. The van der Waals surface area contributed by atoms with E-state index in [9.17, 15) is 14.0 Å². The molecule has 3 amide bonds. The molecule has 0 bridgehead atoms. The number of carbonyl (C=O) groups is 2. The fourth-order valence-electron chi connectivity index (χ4n) is 3.10. The molecule has 2 aromatic rings. The maximum Gasteiger partial charge on any atom is 0.324 e. The summed E-state index contributed by atoms with van der Waals surface area (Å²) in [6, 6.07) is 13.5. The third kappa shape index (κ3) is 4.45. The average Bonchev–Trinajstić information content (AvgIpc) is 2.64. The van der Waals surface area contributed by atoms with Crippen LogP contribution in [0.15, 0.2) is 48.5 Å². The second-order valence-corrected chi connectivity index (χ2v) is 7.00. The van der Waals surface area contributed by atoms with E-state index in [2.05, 4.69) is 5.32 Å². The molecule has 1 saturated heterocycles. The Morgan fingerprint density at radius 3 is 2.67 bits per heavy atom. The maximum atomic E-state index is 13.4. The lowest BCUT2D eigenvalue weighted by atomic mass is 10.1. The van der Waals surface area contributed by atoms with Crippen LogP contribution in [0.3, 0.4) is 0 Å². The van der Waals surface area contributed by atoms with Crippen molar-refractivity contribution in [2.45, 2.75) is 26.8 Å². The van der Waals surface area contributed by atoms with E-state index in [0.29, 0.717) is 31.0 Å². The fraction of sp³-hybridized carbons (Fsp3) is 0.333. The van der Waals surface area contributed by atoms with Gasteiger partial charge in [-0.3, -0.25) is 9.69 Å². The van der Waals surface area contributed by atoms with E-state index >= 15 is 0 Å². The number of rotatable bonds is 5. The monoisotopic (exact) mass is 369 g/mol. The van der Waals surface area contributed by atoms with Crippen molar-refractivity contribution in [3.8, 4) is 0 Å². The molecule has 5 nitrogen and oxygen atoms in total. The van der Waals surface area contributed by atoms with Gasteiger partial charge in [0.15, 0.2) is 0 Å². The third-order valence-electron chi connectivity index (χ3n) is 4.55. The minimum Gasteiger partial charge on any atom is -0.324 e. The highest BCUT2D eigenvalue weighted by molar-refractivity contribution is 6.01. The van der Waals surface area contributed by atoms with Crippen molar-refractivity contribution in [2.24, 2.45) is 5.92 Å². The predicted octanol–water partition coefficient (Wildman–Crippen LogP) is 4.25. The van der Waals surface area contributed by atoms with Gasteiger partial charge < -0.3 is 10.2 Å². The molecular weight excluding hydrogens is 345 g/mol. The topological polar surface area (TPSA) is 52.7 Å². The highest BCUT2D eigenvalue weighted by Gasteiger charge is 2.28. The Morgan fingerprint density at radius 1 is 1.15 bits per heavy atom. The number of halogens is 1. The van der Waals surface area contributed by atoms with Gasteiger partial charge in [0.05, 0.1) is 11.4 Å². The van der Waals surface area contributed by atoms with Gasteiger partial charge in [0.1, 0.15) is 5.82 Å². The van der Waals surface area contributed by atoms with Crippen LogP contribution in [0.25, 0.3) is 0 Å². The van der Waals surface area contributed by atoms with Crippen molar-refractivity contribution in [3.63, 3.8) is 0 Å². The van der Waals surface area contributed by atoms with Gasteiger partial charge in [-0.05, 0) is 36.2 Å². The first-order valence-corrected chi connectivity index (χ1v) is 9.16. The van der Waals surface area contributed by atoms with E-state index in [0.717, 1.165) is 12.0 Å². The third-order valence-corrected chi connectivity index (χ3v) is 4.55. The normalized spacial score (nSPS) is 14.6. The average molecular weight is 369 g/mol. The molecule has 1 fully saturated rings. The van der Waals surface area contributed by atoms with Crippen molar-refractivity contribution in [2.75, 3.05) is 23.3 Å². The van der Waals surface area contributed by atoms with Crippen LogP contribution in [0.5, 0.6) is 0 Å². The van der Waals surface area contributed by atoms with E-state index < -0.39 is 0 Å². The van der Waals surface area contributed by atoms with Gasteiger partial charge in [-0.15, -0.1) is 0 Å². The van der Waals surface area contributed by atoms with Crippen molar-refractivity contribution in [1.82, 2.24) is 4.90 Å². The first-order chi connectivity index (χ1) is 13.0. The summed E-state index contributed by atoms with van der Waals surface area (Å²) in [4.78, 5) is 28.5. The van der Waals surface area contributed by atoms with Gasteiger partial charge >= 0.3 is 6.03 Å². The zero-order valence-corrected chi connectivity index (χ0v) is 15.6. The molecule has 0 spiro atoms. The Hall–Kier alpha value is -2.89. The van der Waals surface area contributed by atoms with Crippen LogP contribution in [-0.2, 0) is 11.3 Å². The summed E-state index contributed by atoms with van der Waals surface area (Å²) in [6.45, 7) is 5.20. The van der Waals surface area contributed by atoms with E-state index in [1.165, 1.54) is 12.1 Å². The number of hydrogen-bond donors (Lipinski definition) is 1. The second-order valence-electron chi connectivity index (χ2n) is 7.00. The van der Waals surface area contributed by atoms with Crippen LogP contribution in [0.2, 0.25) is 0 Å². The van der Waals surface area contributed by atoms with E-state index in [1.54, 1.807) is 21.9 Å². The standard InChI is InChI=1S/C21H24FN3O2/c1-15(2)20(26)23-18-9-3-4-10-19(18)25-12-6-11-24(21(25)27)14-16-7-5-8-17(22)13-16/h3-5,7-10,13,15H,6,11-12,14H2,1-2H3,(H,23,26). The van der Waals surface area contributed by atoms with Crippen molar-refractivity contribution in [3.05, 3.63) is 59.9 Å². The summed E-state index contributed by atoms with van der Waals surface area (Å²) in [5, 5.41) is 2.90. The maximum absolute atomic E-state index is 13.4. The second kappa shape index (κ2) is 8.20. The lowest BCUT2D eigenvalue weighted by molar-refractivity contribution is -0.118. The summed E-state index contributed by atoms with van der Waals surface area (Å²) in [5.74, 6) is -0.557. The summed E-state index contributed by atoms with van der Waals surface area (Å²) >= 11 is 0. The molecule has 0 unspecified atom stereocenters. The van der Waals surface area contributed by atoms with Crippen LogP contribution in [-0.4, -0.2) is 29.9 Å². The molecule has 0 radical (unpaired) electrons. The largest absolute Gasteiger partial charge is 0.324 e. The van der Waals surface area contributed by atoms with E-state index in [4.69, 9.17) is 0 Å². The molecule has 1 N–H and O–H groups in total. The zero-order chi connectivity index (χ0) is 19.4. The van der Waals surface area contributed by atoms with Gasteiger partial charge in [0, 0.05) is 25.6 Å². The molecule has 27 heavy (non-hydrogen) atoms. The minimum absolute atomic E-state index is 0.0940. The number of nitrogens with one attached hydrogen (secondary N) is 1.